The summed E-state index contributed by atoms with van der Waals surface area (Å²) >= 11 is 0. The van der Waals surface area contributed by atoms with Crippen molar-refractivity contribution >= 4 is 21.6 Å². The Bertz CT molecular complexity index is 591. The van der Waals surface area contributed by atoms with Gasteiger partial charge in [-0.2, -0.15) is 12.8 Å². The van der Waals surface area contributed by atoms with Crippen LogP contribution in [0, 0.1) is 0 Å². The number of rotatable bonds is 1. The van der Waals surface area contributed by atoms with Gasteiger partial charge in [-0.3, -0.25) is 4.79 Å². The second-order valence-electron chi connectivity index (χ2n) is 3.26. The number of hydrogen-bond acceptors (Lipinski definition) is 4. The van der Waals surface area contributed by atoms with Crippen LogP contribution in [0.1, 0.15) is 11.7 Å². The molecule has 0 bridgehead atoms. The fourth-order valence-corrected chi connectivity index (χ4v) is 2.77. The molecule has 1 aliphatic heterocycles. The van der Waals surface area contributed by atoms with E-state index in [1.807, 2.05) is 0 Å². The number of nitrogens with zero attached hydrogens (tertiary/aromatic N) is 1. The smallest absolute Gasteiger partial charge is 0.283 e. The Kier molecular flexibility index (Phi) is 2.28. The predicted octanol–water partition coefficient (Wildman–Crippen LogP) is -0.651. The number of primary amides is 1. The van der Waals surface area contributed by atoms with E-state index in [0.29, 0.717) is 0 Å². The molecule has 1 atom stereocenters. The van der Waals surface area contributed by atoms with Gasteiger partial charge in [0.25, 0.3) is 15.9 Å². The quantitative estimate of drug-likeness (QED) is 0.679. The summed E-state index contributed by atoms with van der Waals surface area (Å²) in [7, 11) is -3.94. The van der Waals surface area contributed by atoms with E-state index >= 15 is 0 Å². The molecule has 2 rings (SSSR count). The highest BCUT2D eigenvalue weighted by atomic mass is 32.2. The normalized spacial score (nSPS) is 22.1. The van der Waals surface area contributed by atoms with Crippen molar-refractivity contribution in [3.63, 3.8) is 0 Å². The maximum Gasteiger partial charge on any atom is 0.283 e. The first-order valence-electron chi connectivity index (χ1n) is 4.35. The number of aliphatic hydroxyl groups excluding tert-OH is 1. The van der Waals surface area contributed by atoms with Gasteiger partial charge in [-0.05, 0) is 6.07 Å². The van der Waals surface area contributed by atoms with E-state index in [1.165, 1.54) is 18.2 Å². The topological polar surface area (TPSA) is 110 Å². The van der Waals surface area contributed by atoms with Gasteiger partial charge >= 0.3 is 0 Å². The van der Waals surface area contributed by atoms with Crippen molar-refractivity contribution < 1.29 is 18.3 Å². The number of carbonyl (C=O) groups excluding carboxylic acids is 1. The van der Waals surface area contributed by atoms with Gasteiger partial charge < -0.3 is 10.8 Å². The highest BCUT2D eigenvalue weighted by Crippen LogP contribution is 2.29. The van der Waals surface area contributed by atoms with E-state index in [1.54, 1.807) is 6.07 Å². The zero-order chi connectivity index (χ0) is 11.9. The molecule has 16 heavy (non-hydrogen) atoms. The monoisotopic (exact) mass is 240 g/mol. The van der Waals surface area contributed by atoms with Gasteiger partial charge in [-0.25, -0.2) is 0 Å². The summed E-state index contributed by atoms with van der Waals surface area (Å²) in [5.74, 6) is -1.05. The van der Waals surface area contributed by atoms with Crippen molar-refractivity contribution in [3.8, 4) is 0 Å². The van der Waals surface area contributed by atoms with Crippen LogP contribution in [0.3, 0.4) is 0 Å². The third-order valence-electron chi connectivity index (χ3n) is 2.22. The molecule has 3 N–H and O–H groups in total. The molecule has 1 amide bonds. The predicted molar refractivity (Wildman–Crippen MR) is 55.2 cm³/mol. The van der Waals surface area contributed by atoms with Gasteiger partial charge in [-0.1, -0.05) is 18.2 Å². The third kappa shape index (κ3) is 1.50. The molecule has 0 radical (unpaired) electrons. The van der Waals surface area contributed by atoms with Crippen LogP contribution in [-0.2, 0) is 14.8 Å². The molecule has 0 saturated carbocycles. The van der Waals surface area contributed by atoms with Crippen molar-refractivity contribution in [1.82, 2.24) is 0 Å². The molecule has 1 heterocycles. The molecule has 1 unspecified atom stereocenters. The average molecular weight is 240 g/mol. The van der Waals surface area contributed by atoms with Crippen LogP contribution >= 0.6 is 0 Å². The number of fused-ring (bicyclic) bond motifs is 1. The maximum atomic E-state index is 11.6. The van der Waals surface area contributed by atoms with Crippen molar-refractivity contribution in [2.75, 3.05) is 0 Å². The van der Waals surface area contributed by atoms with E-state index in [2.05, 4.69) is 4.40 Å². The number of benzene rings is 1. The lowest BCUT2D eigenvalue weighted by atomic mass is 10.0. The fraction of sp³-hybridized carbons (Fsp3) is 0.111. The fourth-order valence-electron chi connectivity index (χ4n) is 1.50. The van der Waals surface area contributed by atoms with E-state index in [0.717, 1.165) is 0 Å². The van der Waals surface area contributed by atoms with Crippen LogP contribution in [0.2, 0.25) is 0 Å². The summed E-state index contributed by atoms with van der Waals surface area (Å²) in [6.45, 7) is 0. The minimum atomic E-state index is -3.94. The van der Waals surface area contributed by atoms with Gasteiger partial charge in [0.2, 0.25) is 0 Å². The zero-order valence-corrected chi connectivity index (χ0v) is 8.81. The van der Waals surface area contributed by atoms with Gasteiger partial charge in [0.15, 0.2) is 5.71 Å². The van der Waals surface area contributed by atoms with Gasteiger partial charge in [0.1, 0.15) is 6.10 Å². The van der Waals surface area contributed by atoms with Crippen LogP contribution in [0.5, 0.6) is 0 Å². The SMILES string of the molecule is NC(=O)C1=NS(=O)(=O)c2ccccc2C1O. The lowest BCUT2D eigenvalue weighted by Crippen LogP contribution is -2.33. The molecular formula is C9H8N2O4S. The van der Waals surface area contributed by atoms with Crippen LogP contribution < -0.4 is 5.73 Å². The molecule has 1 aliphatic rings. The average Bonchev–Trinajstić information content (AvgIpc) is 2.23. The summed E-state index contributed by atoms with van der Waals surface area (Å²) < 4.78 is 26.5. The summed E-state index contributed by atoms with van der Waals surface area (Å²) in [5.41, 5.74) is 4.50. The Morgan fingerprint density at radius 3 is 2.62 bits per heavy atom. The second-order valence-corrected chi connectivity index (χ2v) is 4.83. The number of aliphatic hydroxyl groups is 1. The standard InChI is InChI=1S/C9H8N2O4S/c10-9(13)7-8(12)5-3-1-2-4-6(5)16(14,15)11-7/h1-4,8,12H,(H2,10,13). The number of nitrogens with two attached hydrogens (primary N) is 1. The number of carbonyl (C=O) groups is 1. The van der Waals surface area contributed by atoms with Crippen LogP contribution in [-0.4, -0.2) is 25.1 Å². The largest absolute Gasteiger partial charge is 0.382 e. The molecule has 7 heteroatoms. The molecule has 84 valence electrons. The molecule has 6 nitrogen and oxygen atoms in total. The van der Waals surface area contributed by atoms with Crippen molar-refractivity contribution in [2.24, 2.45) is 10.1 Å². The summed E-state index contributed by atoms with van der Waals surface area (Å²) in [5, 5.41) is 9.73. The Balaban J connectivity index is 2.74. The molecule has 1 aromatic carbocycles. The number of amides is 1. The molecule has 1 aromatic rings. The highest BCUT2D eigenvalue weighted by molar-refractivity contribution is 7.90. The molecule has 0 aromatic heterocycles. The summed E-state index contributed by atoms with van der Waals surface area (Å²) in [4.78, 5) is 10.8. The van der Waals surface area contributed by atoms with Crippen LogP contribution in [0.4, 0.5) is 0 Å². The Labute approximate surface area is 91.5 Å². The third-order valence-corrected chi connectivity index (χ3v) is 3.59. The molecule has 0 aliphatic carbocycles. The Morgan fingerprint density at radius 2 is 2.00 bits per heavy atom. The van der Waals surface area contributed by atoms with Crippen LogP contribution in [0.25, 0.3) is 0 Å². The maximum absolute atomic E-state index is 11.6. The van der Waals surface area contributed by atoms with E-state index in [4.69, 9.17) is 5.73 Å². The second kappa shape index (κ2) is 3.39. The van der Waals surface area contributed by atoms with Crippen molar-refractivity contribution in [1.29, 1.82) is 0 Å². The first-order chi connectivity index (χ1) is 7.43. The lowest BCUT2D eigenvalue weighted by molar-refractivity contribution is -0.112. The van der Waals surface area contributed by atoms with Crippen molar-refractivity contribution in [2.45, 2.75) is 11.0 Å². The van der Waals surface area contributed by atoms with E-state index < -0.39 is 27.7 Å². The molecule has 0 spiro atoms. The molecule has 0 fully saturated rings. The minimum absolute atomic E-state index is 0.104. The van der Waals surface area contributed by atoms with Crippen LogP contribution in [0.15, 0.2) is 33.6 Å². The van der Waals surface area contributed by atoms with Crippen molar-refractivity contribution in [3.05, 3.63) is 29.8 Å². The minimum Gasteiger partial charge on any atom is -0.382 e. The van der Waals surface area contributed by atoms with Gasteiger partial charge in [0.05, 0.1) is 4.90 Å². The highest BCUT2D eigenvalue weighted by Gasteiger charge is 2.33. The number of sulfonamides is 1. The summed E-state index contributed by atoms with van der Waals surface area (Å²) in [6.07, 6.45) is -1.39. The van der Waals surface area contributed by atoms with E-state index in [-0.39, 0.29) is 10.5 Å². The van der Waals surface area contributed by atoms with E-state index in [9.17, 15) is 18.3 Å². The number of hydrogen-bond donors (Lipinski definition) is 2. The van der Waals surface area contributed by atoms with Gasteiger partial charge in [0, 0.05) is 5.56 Å². The Hall–Kier alpha value is -1.73. The zero-order valence-electron chi connectivity index (χ0n) is 7.99. The summed E-state index contributed by atoms with van der Waals surface area (Å²) in [6, 6.07) is 5.79. The van der Waals surface area contributed by atoms with Gasteiger partial charge in [-0.15, -0.1) is 0 Å². The molecule has 0 saturated heterocycles. The lowest BCUT2D eigenvalue weighted by Gasteiger charge is -2.19. The Morgan fingerprint density at radius 1 is 1.38 bits per heavy atom. The first-order valence-corrected chi connectivity index (χ1v) is 5.79. The first kappa shape index (κ1) is 10.8. The molecular weight excluding hydrogens is 232 g/mol.